The zero-order valence-corrected chi connectivity index (χ0v) is 13.0. The highest BCUT2D eigenvalue weighted by molar-refractivity contribution is 5.80. The quantitative estimate of drug-likeness (QED) is 0.929. The van der Waals surface area contributed by atoms with Crippen molar-refractivity contribution in [3.63, 3.8) is 0 Å². The summed E-state index contributed by atoms with van der Waals surface area (Å²) in [5, 5.41) is 9.13. The molecule has 1 saturated carbocycles. The lowest BCUT2D eigenvalue weighted by Gasteiger charge is -2.32. The third-order valence-electron chi connectivity index (χ3n) is 4.66. The standard InChI is InChI=1S/C17H22FNO3/c1-11(14-8-3-4-9-15(14)18)19(2)16(20)12-6-5-7-13(10-12)17(21)22/h3-4,8-9,11-13H,5-7,10H2,1-2H3,(H,21,22)/t11-,12+,13+/m1/s1. The fourth-order valence-corrected chi connectivity index (χ4v) is 3.14. The molecule has 0 heterocycles. The molecule has 0 saturated heterocycles. The van der Waals surface area contributed by atoms with Crippen LogP contribution in [0.2, 0.25) is 0 Å². The number of nitrogens with zero attached hydrogens (tertiary/aromatic N) is 1. The number of hydrogen-bond donors (Lipinski definition) is 1. The number of benzene rings is 1. The molecule has 4 nitrogen and oxygen atoms in total. The fourth-order valence-electron chi connectivity index (χ4n) is 3.14. The van der Waals surface area contributed by atoms with Crippen LogP contribution in [0.3, 0.4) is 0 Å². The minimum Gasteiger partial charge on any atom is -0.481 e. The minimum atomic E-state index is -0.831. The van der Waals surface area contributed by atoms with Gasteiger partial charge in [0, 0.05) is 18.5 Å². The van der Waals surface area contributed by atoms with E-state index >= 15 is 0 Å². The predicted octanol–water partition coefficient (Wildman–Crippen LogP) is 3.24. The zero-order valence-electron chi connectivity index (χ0n) is 13.0. The van der Waals surface area contributed by atoms with Crippen molar-refractivity contribution >= 4 is 11.9 Å². The molecule has 3 atom stereocenters. The van der Waals surface area contributed by atoms with Gasteiger partial charge in [-0.15, -0.1) is 0 Å². The zero-order chi connectivity index (χ0) is 16.3. The van der Waals surface area contributed by atoms with Gasteiger partial charge in [0.05, 0.1) is 12.0 Å². The van der Waals surface area contributed by atoms with Crippen molar-refractivity contribution in [3.05, 3.63) is 35.6 Å². The molecule has 0 radical (unpaired) electrons. The highest BCUT2D eigenvalue weighted by Gasteiger charge is 2.33. The fraction of sp³-hybridized carbons (Fsp3) is 0.529. The monoisotopic (exact) mass is 307 g/mol. The summed E-state index contributed by atoms with van der Waals surface area (Å²) in [4.78, 5) is 25.3. The van der Waals surface area contributed by atoms with Crippen LogP contribution in [-0.4, -0.2) is 28.9 Å². The Kier molecular flexibility index (Phi) is 5.16. The Balaban J connectivity index is 2.08. The number of carboxylic acid groups (broad SMARTS) is 1. The number of carboxylic acids is 1. The van der Waals surface area contributed by atoms with Crippen LogP contribution in [0.5, 0.6) is 0 Å². The van der Waals surface area contributed by atoms with Crippen molar-refractivity contribution in [2.45, 2.75) is 38.6 Å². The van der Waals surface area contributed by atoms with Gasteiger partial charge in [-0.25, -0.2) is 4.39 Å². The van der Waals surface area contributed by atoms with Gasteiger partial charge in [-0.3, -0.25) is 9.59 Å². The topological polar surface area (TPSA) is 57.6 Å². The van der Waals surface area contributed by atoms with Crippen LogP contribution in [-0.2, 0) is 9.59 Å². The molecule has 2 rings (SSSR count). The second kappa shape index (κ2) is 6.90. The molecule has 0 bridgehead atoms. The molecular formula is C17H22FNO3. The Labute approximate surface area is 129 Å². The Morgan fingerprint density at radius 1 is 1.27 bits per heavy atom. The van der Waals surface area contributed by atoms with Crippen LogP contribution >= 0.6 is 0 Å². The molecule has 1 aromatic rings. The van der Waals surface area contributed by atoms with Gasteiger partial charge in [0.1, 0.15) is 5.82 Å². The minimum absolute atomic E-state index is 0.0956. The van der Waals surface area contributed by atoms with Gasteiger partial charge in [0.2, 0.25) is 5.91 Å². The van der Waals surface area contributed by atoms with Crippen molar-refractivity contribution in [2.75, 3.05) is 7.05 Å². The molecule has 1 amide bonds. The lowest BCUT2D eigenvalue weighted by Crippen LogP contribution is -2.38. The maximum atomic E-state index is 13.9. The van der Waals surface area contributed by atoms with Crippen LogP contribution in [0, 0.1) is 17.7 Å². The van der Waals surface area contributed by atoms with E-state index in [1.54, 1.807) is 32.2 Å². The summed E-state index contributed by atoms with van der Waals surface area (Å²) in [7, 11) is 1.66. The first-order valence-electron chi connectivity index (χ1n) is 7.65. The SMILES string of the molecule is C[C@H](c1ccccc1F)N(C)C(=O)[C@H]1CCC[C@H](C(=O)O)C1. The number of hydrogen-bond acceptors (Lipinski definition) is 2. The molecule has 1 aromatic carbocycles. The molecule has 1 fully saturated rings. The van der Waals surface area contributed by atoms with Gasteiger partial charge in [-0.2, -0.15) is 0 Å². The van der Waals surface area contributed by atoms with Gasteiger partial charge in [0.15, 0.2) is 0 Å². The van der Waals surface area contributed by atoms with E-state index in [0.29, 0.717) is 24.8 Å². The van der Waals surface area contributed by atoms with E-state index in [0.717, 1.165) is 6.42 Å². The Hall–Kier alpha value is -1.91. The van der Waals surface area contributed by atoms with Gasteiger partial charge in [-0.05, 0) is 32.3 Å². The molecule has 1 aliphatic rings. The van der Waals surface area contributed by atoms with Crippen molar-refractivity contribution in [2.24, 2.45) is 11.8 Å². The predicted molar refractivity (Wildman–Crippen MR) is 80.7 cm³/mol. The van der Waals surface area contributed by atoms with Gasteiger partial charge in [-0.1, -0.05) is 24.6 Å². The number of halogens is 1. The number of carbonyl (C=O) groups excluding carboxylic acids is 1. The maximum absolute atomic E-state index is 13.9. The van der Waals surface area contributed by atoms with Crippen LogP contribution in [0.4, 0.5) is 4.39 Å². The van der Waals surface area contributed by atoms with Crippen LogP contribution < -0.4 is 0 Å². The van der Waals surface area contributed by atoms with E-state index < -0.39 is 11.9 Å². The van der Waals surface area contributed by atoms with Crippen molar-refractivity contribution < 1.29 is 19.1 Å². The lowest BCUT2D eigenvalue weighted by atomic mass is 9.80. The largest absolute Gasteiger partial charge is 0.481 e. The summed E-state index contributed by atoms with van der Waals surface area (Å²) >= 11 is 0. The highest BCUT2D eigenvalue weighted by atomic mass is 19.1. The molecule has 1 aliphatic carbocycles. The first-order valence-corrected chi connectivity index (χ1v) is 7.65. The lowest BCUT2D eigenvalue weighted by molar-refractivity contribution is -0.145. The Morgan fingerprint density at radius 2 is 1.91 bits per heavy atom. The van der Waals surface area contributed by atoms with Gasteiger partial charge < -0.3 is 10.0 Å². The van der Waals surface area contributed by atoms with Crippen LogP contribution in [0.15, 0.2) is 24.3 Å². The second-order valence-electron chi connectivity index (χ2n) is 6.05. The van der Waals surface area contributed by atoms with Crippen molar-refractivity contribution in [3.8, 4) is 0 Å². The summed E-state index contributed by atoms with van der Waals surface area (Å²) in [6.07, 6.45) is 2.46. The summed E-state index contributed by atoms with van der Waals surface area (Å²) < 4.78 is 13.9. The first-order chi connectivity index (χ1) is 10.4. The average molecular weight is 307 g/mol. The number of aliphatic carboxylic acids is 1. The van der Waals surface area contributed by atoms with Crippen LogP contribution in [0.1, 0.15) is 44.2 Å². The van der Waals surface area contributed by atoms with Gasteiger partial charge in [0.25, 0.3) is 0 Å². The number of amides is 1. The van der Waals surface area contributed by atoms with E-state index in [4.69, 9.17) is 5.11 Å². The average Bonchev–Trinajstić information content (AvgIpc) is 2.53. The molecule has 0 spiro atoms. The summed E-state index contributed by atoms with van der Waals surface area (Å²) in [6.45, 7) is 1.79. The normalized spacial score (nSPS) is 22.9. The Morgan fingerprint density at radius 3 is 2.55 bits per heavy atom. The summed E-state index contributed by atoms with van der Waals surface area (Å²) in [5.74, 6) is -1.99. The third kappa shape index (κ3) is 3.46. The second-order valence-corrected chi connectivity index (χ2v) is 6.05. The smallest absolute Gasteiger partial charge is 0.306 e. The highest BCUT2D eigenvalue weighted by Crippen LogP contribution is 2.32. The molecule has 5 heteroatoms. The van der Waals surface area contributed by atoms with E-state index in [9.17, 15) is 14.0 Å². The summed E-state index contributed by atoms with van der Waals surface area (Å²) in [6, 6.07) is 6.04. The molecule has 1 N–H and O–H groups in total. The van der Waals surface area contributed by atoms with E-state index in [-0.39, 0.29) is 23.7 Å². The molecule has 0 unspecified atom stereocenters. The summed E-state index contributed by atoms with van der Waals surface area (Å²) in [5.41, 5.74) is 0.476. The van der Waals surface area contributed by atoms with Crippen LogP contribution in [0.25, 0.3) is 0 Å². The van der Waals surface area contributed by atoms with Crippen molar-refractivity contribution in [1.29, 1.82) is 0 Å². The van der Waals surface area contributed by atoms with Gasteiger partial charge >= 0.3 is 5.97 Å². The van der Waals surface area contributed by atoms with E-state index in [2.05, 4.69) is 0 Å². The number of rotatable bonds is 4. The maximum Gasteiger partial charge on any atom is 0.306 e. The number of carbonyl (C=O) groups is 2. The molecule has 22 heavy (non-hydrogen) atoms. The van der Waals surface area contributed by atoms with E-state index in [1.807, 2.05) is 0 Å². The van der Waals surface area contributed by atoms with E-state index in [1.165, 1.54) is 11.0 Å². The first kappa shape index (κ1) is 16.5. The van der Waals surface area contributed by atoms with Crippen molar-refractivity contribution in [1.82, 2.24) is 4.90 Å². The Bertz CT molecular complexity index is 561. The molecule has 0 aromatic heterocycles. The third-order valence-corrected chi connectivity index (χ3v) is 4.66. The molecule has 120 valence electrons. The molecule has 0 aliphatic heterocycles. The molecular weight excluding hydrogens is 285 g/mol.